The Morgan fingerprint density at radius 3 is 2.47 bits per heavy atom. The lowest BCUT2D eigenvalue weighted by Gasteiger charge is -2.26. The zero-order valence-corrected chi connectivity index (χ0v) is 11.8. The van der Waals surface area contributed by atoms with E-state index in [1.807, 2.05) is 39.8 Å². The van der Waals surface area contributed by atoms with Crippen LogP contribution in [-0.2, 0) is 11.4 Å². The summed E-state index contributed by atoms with van der Waals surface area (Å²) in [6, 6.07) is 3.66. The van der Waals surface area contributed by atoms with E-state index in [9.17, 15) is 4.55 Å². The zero-order valence-electron chi connectivity index (χ0n) is 11.0. The van der Waals surface area contributed by atoms with Crippen LogP contribution >= 0.6 is 0 Å². The summed E-state index contributed by atoms with van der Waals surface area (Å²) in [5.41, 5.74) is 0.850. The lowest BCUT2D eigenvalue weighted by molar-refractivity contribution is 0.412. The van der Waals surface area contributed by atoms with Gasteiger partial charge in [0.15, 0.2) is 0 Å². The monoisotopic (exact) mass is 256 g/mol. The lowest BCUT2D eigenvalue weighted by atomic mass is 10.2. The van der Waals surface area contributed by atoms with Crippen LogP contribution in [0.1, 0.15) is 39.4 Å². The maximum atomic E-state index is 11.9. The quantitative estimate of drug-likeness (QED) is 0.839. The van der Waals surface area contributed by atoms with Crippen LogP contribution in [-0.4, -0.2) is 21.4 Å². The first-order valence-electron chi connectivity index (χ1n) is 5.52. The number of rotatable bonds is 4. The maximum absolute atomic E-state index is 11.9. The summed E-state index contributed by atoms with van der Waals surface area (Å²) in [7, 11) is 1.60. The predicted molar refractivity (Wildman–Crippen MR) is 70.2 cm³/mol. The van der Waals surface area contributed by atoms with Crippen molar-refractivity contribution >= 4 is 11.4 Å². The standard InChI is InChI=1S/C12H20N2O2S/c1-9(14-17(15)12(2,3)4)11-7-6-10(16-5)8-13-11/h6-9,14H,1-5H3/t9-,17-/m1/s1. The van der Waals surface area contributed by atoms with Crippen LogP contribution in [0.3, 0.4) is 0 Å². The van der Waals surface area contributed by atoms with Crippen molar-refractivity contribution in [2.45, 2.75) is 38.5 Å². The Kier molecular flexibility index (Phi) is 4.80. The van der Waals surface area contributed by atoms with Crippen LogP contribution in [0.25, 0.3) is 0 Å². The first kappa shape index (κ1) is 14.3. The molecule has 0 bridgehead atoms. The molecule has 0 aliphatic heterocycles. The topological polar surface area (TPSA) is 57.2 Å². The largest absolute Gasteiger partial charge is 0.598 e. The van der Waals surface area contributed by atoms with Gasteiger partial charge in [-0.2, -0.15) is 0 Å². The number of ether oxygens (including phenoxy) is 1. The SMILES string of the molecule is COc1ccc([C@@H](C)N[S@+]([O-])C(C)(C)C)nc1. The molecular formula is C12H20N2O2S. The maximum Gasteiger partial charge on any atom is 0.137 e. The molecule has 0 aliphatic rings. The third-order valence-corrected chi connectivity index (χ3v) is 3.96. The van der Waals surface area contributed by atoms with Crippen molar-refractivity contribution in [2.24, 2.45) is 0 Å². The van der Waals surface area contributed by atoms with Gasteiger partial charge in [-0.25, -0.2) is 0 Å². The number of aromatic nitrogens is 1. The highest BCUT2D eigenvalue weighted by Crippen LogP contribution is 2.19. The van der Waals surface area contributed by atoms with Gasteiger partial charge in [0.2, 0.25) is 0 Å². The molecule has 4 nitrogen and oxygen atoms in total. The second-order valence-corrected chi connectivity index (χ2v) is 6.84. The van der Waals surface area contributed by atoms with E-state index in [0.29, 0.717) is 0 Å². The minimum absolute atomic E-state index is 0.0547. The smallest absolute Gasteiger partial charge is 0.137 e. The van der Waals surface area contributed by atoms with Crippen molar-refractivity contribution in [1.29, 1.82) is 0 Å². The fourth-order valence-corrected chi connectivity index (χ4v) is 1.96. The molecule has 1 rings (SSSR count). The van der Waals surface area contributed by atoms with Gasteiger partial charge in [0.05, 0.1) is 25.0 Å². The van der Waals surface area contributed by atoms with E-state index < -0.39 is 11.4 Å². The normalized spacial score (nSPS) is 15.4. The zero-order chi connectivity index (χ0) is 13.1. The van der Waals surface area contributed by atoms with Gasteiger partial charge in [0.1, 0.15) is 10.5 Å². The average molecular weight is 256 g/mol. The van der Waals surface area contributed by atoms with Crippen LogP contribution in [0.2, 0.25) is 0 Å². The van der Waals surface area contributed by atoms with E-state index in [1.54, 1.807) is 13.3 Å². The molecule has 5 heteroatoms. The Morgan fingerprint density at radius 1 is 1.41 bits per heavy atom. The van der Waals surface area contributed by atoms with Gasteiger partial charge in [-0.1, -0.05) is 0 Å². The van der Waals surface area contributed by atoms with Gasteiger partial charge in [-0.05, 0) is 39.8 Å². The van der Waals surface area contributed by atoms with Crippen molar-refractivity contribution in [2.75, 3.05) is 7.11 Å². The summed E-state index contributed by atoms with van der Waals surface area (Å²) < 4.78 is 19.7. The molecule has 0 aromatic carbocycles. The van der Waals surface area contributed by atoms with Crippen LogP contribution in [0.5, 0.6) is 5.75 Å². The molecule has 0 spiro atoms. The summed E-state index contributed by atoms with van der Waals surface area (Å²) in [5, 5.41) is 0. The molecule has 0 radical (unpaired) electrons. The Labute approximate surface area is 106 Å². The van der Waals surface area contributed by atoms with E-state index in [0.717, 1.165) is 11.4 Å². The number of hydrogen-bond donors (Lipinski definition) is 1. The Morgan fingerprint density at radius 2 is 2.06 bits per heavy atom. The van der Waals surface area contributed by atoms with E-state index in [2.05, 4.69) is 9.71 Å². The molecule has 0 aliphatic carbocycles. The third-order valence-electron chi connectivity index (χ3n) is 2.28. The minimum atomic E-state index is -1.10. The van der Waals surface area contributed by atoms with Gasteiger partial charge >= 0.3 is 0 Å². The lowest BCUT2D eigenvalue weighted by Crippen LogP contribution is -2.40. The van der Waals surface area contributed by atoms with Gasteiger partial charge in [-0.3, -0.25) is 4.98 Å². The Bertz CT molecular complexity index is 349. The molecule has 0 saturated carbocycles. The highest BCUT2D eigenvalue weighted by atomic mass is 32.2. The second kappa shape index (κ2) is 5.71. The molecule has 0 unspecified atom stereocenters. The fourth-order valence-electron chi connectivity index (χ4n) is 1.17. The molecule has 1 aromatic rings. The highest BCUT2D eigenvalue weighted by Gasteiger charge is 2.28. The molecule has 96 valence electrons. The molecule has 0 fully saturated rings. The number of hydrogen-bond acceptors (Lipinski definition) is 4. The van der Waals surface area contributed by atoms with Crippen molar-refractivity contribution in [3.8, 4) is 5.75 Å². The Balaban J connectivity index is 2.66. The van der Waals surface area contributed by atoms with Gasteiger partial charge in [-0.15, -0.1) is 4.72 Å². The molecule has 1 aromatic heterocycles. The molecule has 1 heterocycles. The summed E-state index contributed by atoms with van der Waals surface area (Å²) in [5.74, 6) is 0.720. The predicted octanol–water partition coefficient (Wildman–Crippen LogP) is 2.20. The number of nitrogens with one attached hydrogen (secondary N) is 1. The minimum Gasteiger partial charge on any atom is -0.598 e. The average Bonchev–Trinajstić information content (AvgIpc) is 2.27. The van der Waals surface area contributed by atoms with E-state index in [1.165, 1.54) is 0 Å². The molecular weight excluding hydrogens is 236 g/mol. The Hall–Kier alpha value is -0.780. The second-order valence-electron chi connectivity index (χ2n) is 4.84. The van der Waals surface area contributed by atoms with Crippen LogP contribution in [0, 0.1) is 0 Å². The summed E-state index contributed by atoms with van der Waals surface area (Å²) >= 11 is -1.10. The molecule has 0 saturated heterocycles. The molecule has 1 N–H and O–H groups in total. The van der Waals surface area contributed by atoms with Crippen LogP contribution < -0.4 is 9.46 Å². The van der Waals surface area contributed by atoms with Crippen molar-refractivity contribution in [1.82, 2.24) is 9.71 Å². The van der Waals surface area contributed by atoms with E-state index >= 15 is 0 Å². The fraction of sp³-hybridized carbons (Fsp3) is 0.583. The summed E-state index contributed by atoms with van der Waals surface area (Å²) in [6.45, 7) is 7.75. The van der Waals surface area contributed by atoms with E-state index in [4.69, 9.17) is 4.74 Å². The van der Waals surface area contributed by atoms with Gasteiger partial charge in [0.25, 0.3) is 0 Å². The summed E-state index contributed by atoms with van der Waals surface area (Å²) in [6.07, 6.45) is 1.66. The van der Waals surface area contributed by atoms with Gasteiger partial charge < -0.3 is 9.29 Å². The third kappa shape index (κ3) is 4.18. The summed E-state index contributed by atoms with van der Waals surface area (Å²) in [4.78, 5) is 4.26. The van der Waals surface area contributed by atoms with Gasteiger partial charge in [0, 0.05) is 11.4 Å². The van der Waals surface area contributed by atoms with E-state index in [-0.39, 0.29) is 10.8 Å². The van der Waals surface area contributed by atoms with Crippen molar-refractivity contribution in [3.05, 3.63) is 24.0 Å². The first-order chi connectivity index (χ1) is 7.84. The molecule has 17 heavy (non-hydrogen) atoms. The highest BCUT2D eigenvalue weighted by molar-refractivity contribution is 7.90. The number of pyridine rings is 1. The molecule has 0 amide bonds. The van der Waals surface area contributed by atoms with Crippen LogP contribution in [0.4, 0.5) is 0 Å². The number of nitrogens with zero attached hydrogens (tertiary/aromatic N) is 1. The molecule has 2 atom stereocenters. The first-order valence-corrected chi connectivity index (χ1v) is 6.67. The van der Waals surface area contributed by atoms with Crippen LogP contribution in [0.15, 0.2) is 18.3 Å². The van der Waals surface area contributed by atoms with Crippen molar-refractivity contribution < 1.29 is 9.29 Å². The number of methoxy groups -OCH3 is 1. The van der Waals surface area contributed by atoms with Crippen molar-refractivity contribution in [3.63, 3.8) is 0 Å².